The summed E-state index contributed by atoms with van der Waals surface area (Å²) in [4.78, 5) is 16.5. The van der Waals surface area contributed by atoms with Gasteiger partial charge in [0.2, 0.25) is 0 Å². The molecule has 3 aromatic rings. The molecule has 0 saturated carbocycles. The van der Waals surface area contributed by atoms with E-state index in [0.717, 1.165) is 11.4 Å². The maximum Gasteiger partial charge on any atom is 0.322 e. The Bertz CT molecular complexity index is 1120. The van der Waals surface area contributed by atoms with E-state index in [2.05, 4.69) is 20.4 Å². The van der Waals surface area contributed by atoms with Crippen LogP contribution in [-0.4, -0.2) is 54.4 Å². The predicted molar refractivity (Wildman–Crippen MR) is 128 cm³/mol. The van der Waals surface area contributed by atoms with Gasteiger partial charge >= 0.3 is 6.03 Å². The molecule has 166 valence electrons. The topological polar surface area (TPSA) is 70.6 Å². The molecular formula is C22H20Cl3N5O2. The molecule has 7 nitrogen and oxygen atoms in total. The lowest BCUT2D eigenvalue weighted by atomic mass is 10.1. The van der Waals surface area contributed by atoms with Crippen LogP contribution in [0.2, 0.25) is 15.1 Å². The second kappa shape index (κ2) is 9.81. The van der Waals surface area contributed by atoms with Crippen molar-refractivity contribution < 1.29 is 9.53 Å². The molecule has 1 aliphatic heterocycles. The Morgan fingerprint density at radius 2 is 1.66 bits per heavy atom. The van der Waals surface area contributed by atoms with E-state index in [1.807, 2.05) is 18.2 Å². The Labute approximate surface area is 200 Å². The standard InChI is InChI=1S/C22H20Cl3N5O2/c1-32-20-6-3-15(24)13-19(20)26-22(31)30-10-8-29(9-11-30)21-7-5-18(27-28-21)16-4-2-14(23)12-17(16)25/h2-7,12-13H,8-11H2,1H3,(H,26,31). The molecule has 0 bridgehead atoms. The summed E-state index contributed by atoms with van der Waals surface area (Å²) in [5.74, 6) is 1.30. The fourth-order valence-electron chi connectivity index (χ4n) is 3.45. The zero-order chi connectivity index (χ0) is 22.7. The van der Waals surface area contributed by atoms with Crippen LogP contribution in [0.5, 0.6) is 5.75 Å². The second-order valence-corrected chi connectivity index (χ2v) is 8.43. The van der Waals surface area contributed by atoms with E-state index in [9.17, 15) is 4.79 Å². The summed E-state index contributed by atoms with van der Waals surface area (Å²) in [6, 6.07) is 13.9. The van der Waals surface area contributed by atoms with Crippen molar-refractivity contribution in [3.05, 3.63) is 63.6 Å². The smallest absolute Gasteiger partial charge is 0.322 e. The summed E-state index contributed by atoms with van der Waals surface area (Å²) >= 11 is 18.3. The number of carbonyl (C=O) groups is 1. The van der Waals surface area contributed by atoms with E-state index >= 15 is 0 Å². The number of rotatable bonds is 4. The van der Waals surface area contributed by atoms with Crippen molar-refractivity contribution in [1.29, 1.82) is 0 Å². The SMILES string of the molecule is COc1ccc(Cl)cc1NC(=O)N1CCN(c2ccc(-c3ccc(Cl)cc3Cl)nn2)CC1. The predicted octanol–water partition coefficient (Wildman–Crippen LogP) is 5.47. The minimum absolute atomic E-state index is 0.205. The van der Waals surface area contributed by atoms with Crippen molar-refractivity contribution in [2.75, 3.05) is 43.5 Å². The molecule has 0 spiro atoms. The van der Waals surface area contributed by atoms with Crippen LogP contribution in [0.15, 0.2) is 48.5 Å². The quantitative estimate of drug-likeness (QED) is 0.523. The maximum absolute atomic E-state index is 12.7. The zero-order valence-electron chi connectivity index (χ0n) is 17.2. The van der Waals surface area contributed by atoms with E-state index in [0.29, 0.717) is 58.4 Å². The average molecular weight is 493 g/mol. The molecular weight excluding hydrogens is 473 g/mol. The van der Waals surface area contributed by atoms with Gasteiger partial charge in [0.05, 0.1) is 23.5 Å². The molecule has 1 N–H and O–H groups in total. The summed E-state index contributed by atoms with van der Waals surface area (Å²) in [5, 5.41) is 13.1. The van der Waals surface area contributed by atoms with Crippen LogP contribution in [-0.2, 0) is 0 Å². The molecule has 1 aliphatic rings. The lowest BCUT2D eigenvalue weighted by molar-refractivity contribution is 0.208. The monoisotopic (exact) mass is 491 g/mol. The molecule has 1 fully saturated rings. The first-order chi connectivity index (χ1) is 15.4. The summed E-state index contributed by atoms with van der Waals surface area (Å²) < 4.78 is 5.29. The molecule has 1 aromatic heterocycles. The van der Waals surface area contributed by atoms with Gasteiger partial charge in [-0.25, -0.2) is 4.79 Å². The van der Waals surface area contributed by atoms with Gasteiger partial charge in [0.15, 0.2) is 5.82 Å². The molecule has 0 radical (unpaired) electrons. The highest BCUT2D eigenvalue weighted by Crippen LogP contribution is 2.30. The number of benzene rings is 2. The molecule has 2 heterocycles. The first-order valence-electron chi connectivity index (χ1n) is 9.88. The van der Waals surface area contributed by atoms with Gasteiger partial charge in [-0.3, -0.25) is 0 Å². The number of urea groups is 1. The highest BCUT2D eigenvalue weighted by Gasteiger charge is 2.23. The molecule has 1 saturated heterocycles. The Kier molecular flexibility index (Phi) is 6.89. The first kappa shape index (κ1) is 22.5. The highest BCUT2D eigenvalue weighted by atomic mass is 35.5. The van der Waals surface area contributed by atoms with Crippen LogP contribution in [0.3, 0.4) is 0 Å². The molecule has 4 rings (SSSR count). The van der Waals surface area contributed by atoms with Crippen molar-refractivity contribution in [2.45, 2.75) is 0 Å². The van der Waals surface area contributed by atoms with Crippen LogP contribution in [0, 0.1) is 0 Å². The number of ether oxygens (including phenoxy) is 1. The van der Waals surface area contributed by atoms with E-state index in [4.69, 9.17) is 39.5 Å². The summed E-state index contributed by atoms with van der Waals surface area (Å²) in [7, 11) is 1.55. The molecule has 0 unspecified atom stereocenters. The lowest BCUT2D eigenvalue weighted by Crippen LogP contribution is -2.50. The third-order valence-electron chi connectivity index (χ3n) is 5.15. The largest absolute Gasteiger partial charge is 0.495 e. The van der Waals surface area contributed by atoms with Crippen molar-refractivity contribution in [1.82, 2.24) is 15.1 Å². The van der Waals surface area contributed by atoms with Gasteiger partial charge in [0.1, 0.15) is 5.75 Å². The number of anilines is 2. The molecule has 2 amide bonds. The molecule has 0 aliphatic carbocycles. The minimum atomic E-state index is -0.205. The molecule has 10 heteroatoms. The lowest BCUT2D eigenvalue weighted by Gasteiger charge is -2.35. The number of amides is 2. The number of aromatic nitrogens is 2. The number of methoxy groups -OCH3 is 1. The maximum atomic E-state index is 12.7. The van der Waals surface area contributed by atoms with Gasteiger partial charge in [-0.05, 0) is 48.5 Å². The van der Waals surface area contributed by atoms with Gasteiger partial charge in [-0.2, -0.15) is 0 Å². The number of hydrogen-bond acceptors (Lipinski definition) is 5. The van der Waals surface area contributed by atoms with E-state index in [-0.39, 0.29) is 6.03 Å². The van der Waals surface area contributed by atoms with Gasteiger partial charge in [-0.1, -0.05) is 34.8 Å². The van der Waals surface area contributed by atoms with Gasteiger partial charge in [0, 0.05) is 41.8 Å². The number of halogens is 3. The third-order valence-corrected chi connectivity index (χ3v) is 5.93. The normalized spacial score (nSPS) is 13.8. The molecule has 2 aromatic carbocycles. The summed E-state index contributed by atoms with van der Waals surface area (Å²) in [6.07, 6.45) is 0. The summed E-state index contributed by atoms with van der Waals surface area (Å²) in [6.45, 7) is 2.36. The van der Waals surface area contributed by atoms with Crippen LogP contribution in [0.4, 0.5) is 16.3 Å². The van der Waals surface area contributed by atoms with E-state index in [1.54, 1.807) is 42.3 Å². The van der Waals surface area contributed by atoms with Crippen molar-refractivity contribution >= 4 is 52.3 Å². The van der Waals surface area contributed by atoms with Crippen LogP contribution in [0.25, 0.3) is 11.3 Å². The van der Waals surface area contributed by atoms with Crippen LogP contribution < -0.4 is 15.0 Å². The number of piperazine rings is 1. The van der Waals surface area contributed by atoms with Crippen molar-refractivity contribution in [2.24, 2.45) is 0 Å². The average Bonchev–Trinajstić information content (AvgIpc) is 2.79. The fraction of sp³-hybridized carbons (Fsp3) is 0.227. The third kappa shape index (κ3) is 5.01. The van der Waals surface area contributed by atoms with Crippen LogP contribution in [0.1, 0.15) is 0 Å². The number of carbonyl (C=O) groups excluding carboxylic acids is 1. The van der Waals surface area contributed by atoms with E-state index in [1.165, 1.54) is 0 Å². The Morgan fingerprint density at radius 1 is 0.938 bits per heavy atom. The Morgan fingerprint density at radius 3 is 2.31 bits per heavy atom. The van der Waals surface area contributed by atoms with E-state index < -0.39 is 0 Å². The molecule has 32 heavy (non-hydrogen) atoms. The number of nitrogens with one attached hydrogen (secondary N) is 1. The van der Waals surface area contributed by atoms with Gasteiger partial charge in [-0.15, -0.1) is 10.2 Å². The van der Waals surface area contributed by atoms with Gasteiger partial charge in [0.25, 0.3) is 0 Å². The Hall–Kier alpha value is -2.74. The highest BCUT2D eigenvalue weighted by molar-refractivity contribution is 6.36. The van der Waals surface area contributed by atoms with Gasteiger partial charge < -0.3 is 19.9 Å². The Balaban J connectivity index is 1.37. The first-order valence-corrected chi connectivity index (χ1v) is 11.0. The van der Waals surface area contributed by atoms with Crippen molar-refractivity contribution in [3.63, 3.8) is 0 Å². The number of nitrogens with zero attached hydrogens (tertiary/aromatic N) is 4. The number of hydrogen-bond donors (Lipinski definition) is 1. The minimum Gasteiger partial charge on any atom is -0.495 e. The molecule has 0 atom stereocenters. The fourth-order valence-corrected chi connectivity index (χ4v) is 4.12. The van der Waals surface area contributed by atoms with Crippen LogP contribution >= 0.6 is 34.8 Å². The summed E-state index contributed by atoms with van der Waals surface area (Å²) in [5.41, 5.74) is 1.98. The zero-order valence-corrected chi connectivity index (χ0v) is 19.5. The second-order valence-electron chi connectivity index (χ2n) is 7.15. The van der Waals surface area contributed by atoms with Crippen molar-refractivity contribution in [3.8, 4) is 17.0 Å².